The van der Waals surface area contributed by atoms with Gasteiger partial charge in [0.15, 0.2) is 0 Å². The first-order valence-electron chi connectivity index (χ1n) is 7.81. The Labute approximate surface area is 167 Å². The van der Waals surface area contributed by atoms with Crippen molar-refractivity contribution in [2.45, 2.75) is 6.18 Å². The van der Waals surface area contributed by atoms with Gasteiger partial charge in [-0.1, -0.05) is 35.3 Å². The van der Waals surface area contributed by atoms with Crippen molar-refractivity contribution >= 4 is 34.8 Å². The largest absolute Gasteiger partial charge is 0.439 e. The van der Waals surface area contributed by atoms with Crippen molar-refractivity contribution in [2.75, 3.05) is 5.32 Å². The first-order valence-corrected chi connectivity index (χ1v) is 8.56. The van der Waals surface area contributed by atoms with Gasteiger partial charge in [0.25, 0.3) is 5.91 Å². The molecule has 3 rings (SSSR count). The molecular weight excluding hydrogens is 416 g/mol. The fourth-order valence-corrected chi connectivity index (χ4v) is 2.69. The van der Waals surface area contributed by atoms with Crippen molar-refractivity contribution < 1.29 is 22.7 Å². The molecule has 1 N–H and O–H groups in total. The van der Waals surface area contributed by atoms with E-state index >= 15 is 0 Å². The maximum Gasteiger partial charge on any atom is 0.416 e. The van der Waals surface area contributed by atoms with Gasteiger partial charge in [0, 0.05) is 11.1 Å². The number of carbonyl (C=O) groups excluding carboxylic acids is 1. The molecule has 4 nitrogen and oxygen atoms in total. The number of alkyl halides is 3. The molecule has 1 aromatic heterocycles. The van der Waals surface area contributed by atoms with E-state index in [4.69, 9.17) is 27.9 Å². The van der Waals surface area contributed by atoms with Gasteiger partial charge in [0.05, 0.1) is 16.3 Å². The normalized spacial score (nSPS) is 11.2. The summed E-state index contributed by atoms with van der Waals surface area (Å²) in [5.41, 5.74) is -0.520. The second-order valence-corrected chi connectivity index (χ2v) is 6.41. The van der Waals surface area contributed by atoms with Crippen LogP contribution in [0.3, 0.4) is 0 Å². The number of nitrogens with one attached hydrogen (secondary N) is 1. The maximum absolute atomic E-state index is 12.8. The molecule has 0 saturated heterocycles. The summed E-state index contributed by atoms with van der Waals surface area (Å²) in [6, 6.07) is 13.3. The number of pyridine rings is 1. The molecule has 0 bridgehead atoms. The maximum atomic E-state index is 12.8. The number of hydrogen-bond donors (Lipinski definition) is 1. The molecule has 0 radical (unpaired) electrons. The van der Waals surface area contributed by atoms with Crippen molar-refractivity contribution in [3.05, 3.63) is 82.0 Å². The Balaban J connectivity index is 1.78. The van der Waals surface area contributed by atoms with Crippen LogP contribution in [0.25, 0.3) is 0 Å². The third-order valence-electron chi connectivity index (χ3n) is 3.52. The third kappa shape index (κ3) is 4.94. The number of anilines is 1. The van der Waals surface area contributed by atoms with Crippen molar-refractivity contribution in [1.29, 1.82) is 0 Å². The van der Waals surface area contributed by atoms with Crippen LogP contribution in [0.2, 0.25) is 10.0 Å². The van der Waals surface area contributed by atoms with Gasteiger partial charge in [0.2, 0.25) is 5.88 Å². The summed E-state index contributed by atoms with van der Waals surface area (Å²) in [7, 11) is 0. The monoisotopic (exact) mass is 426 g/mol. The quantitative estimate of drug-likeness (QED) is 0.521. The molecule has 0 aliphatic heterocycles. The number of halogens is 5. The molecule has 0 saturated carbocycles. The molecule has 3 aromatic rings. The lowest BCUT2D eigenvalue weighted by Gasteiger charge is -2.10. The number of benzene rings is 2. The van der Waals surface area contributed by atoms with Crippen molar-refractivity contribution in [3.8, 4) is 11.6 Å². The van der Waals surface area contributed by atoms with E-state index in [0.717, 1.165) is 12.1 Å². The SMILES string of the molecule is O=C(Nc1ccc(Cl)cc1Cl)c1cccc(Oc2cccc(C(F)(F)F)c2)n1. The Morgan fingerprint density at radius 3 is 2.46 bits per heavy atom. The van der Waals surface area contributed by atoms with Gasteiger partial charge in [-0.05, 0) is 42.5 Å². The van der Waals surface area contributed by atoms with E-state index in [1.165, 1.54) is 42.5 Å². The minimum absolute atomic E-state index is 0.00417. The number of aromatic nitrogens is 1. The molecule has 0 atom stereocenters. The van der Waals surface area contributed by atoms with Gasteiger partial charge in [-0.25, -0.2) is 4.98 Å². The Bertz CT molecular complexity index is 1030. The van der Waals surface area contributed by atoms with E-state index in [0.29, 0.717) is 10.7 Å². The van der Waals surface area contributed by atoms with Gasteiger partial charge in [-0.15, -0.1) is 0 Å². The molecule has 0 fully saturated rings. The summed E-state index contributed by atoms with van der Waals surface area (Å²) < 4.78 is 43.8. The van der Waals surface area contributed by atoms with Crippen LogP contribution in [0.1, 0.15) is 16.1 Å². The van der Waals surface area contributed by atoms with Crippen molar-refractivity contribution in [2.24, 2.45) is 0 Å². The van der Waals surface area contributed by atoms with Gasteiger partial charge >= 0.3 is 6.18 Å². The highest BCUT2D eigenvalue weighted by molar-refractivity contribution is 6.36. The van der Waals surface area contributed by atoms with E-state index < -0.39 is 17.6 Å². The number of amides is 1. The summed E-state index contributed by atoms with van der Waals surface area (Å²) in [5.74, 6) is -0.659. The molecule has 0 spiro atoms. The van der Waals surface area contributed by atoms with Gasteiger partial charge in [0.1, 0.15) is 11.4 Å². The molecular formula is C19H11Cl2F3N2O2. The first kappa shape index (κ1) is 20.0. The fraction of sp³-hybridized carbons (Fsp3) is 0.0526. The number of nitrogens with zero attached hydrogens (tertiary/aromatic N) is 1. The zero-order valence-corrected chi connectivity index (χ0v) is 15.4. The highest BCUT2D eigenvalue weighted by atomic mass is 35.5. The van der Waals surface area contributed by atoms with E-state index in [1.807, 2.05) is 0 Å². The lowest BCUT2D eigenvalue weighted by Crippen LogP contribution is -2.14. The van der Waals surface area contributed by atoms with E-state index in [-0.39, 0.29) is 22.3 Å². The molecule has 0 aliphatic rings. The second kappa shape index (κ2) is 8.08. The molecule has 0 unspecified atom stereocenters. The molecule has 28 heavy (non-hydrogen) atoms. The average Bonchev–Trinajstić information content (AvgIpc) is 2.64. The van der Waals surface area contributed by atoms with Crippen molar-refractivity contribution in [3.63, 3.8) is 0 Å². The standard InChI is InChI=1S/C19H11Cl2F3N2O2/c20-12-7-8-15(14(21)10-12)26-18(27)16-5-2-6-17(25-16)28-13-4-1-3-11(9-13)19(22,23)24/h1-10H,(H,26,27). The lowest BCUT2D eigenvalue weighted by atomic mass is 10.2. The van der Waals surface area contributed by atoms with Gasteiger partial charge in [-0.3, -0.25) is 4.79 Å². The zero-order valence-electron chi connectivity index (χ0n) is 13.9. The van der Waals surface area contributed by atoms with Crippen LogP contribution in [0.5, 0.6) is 11.6 Å². The highest BCUT2D eigenvalue weighted by Gasteiger charge is 2.30. The Morgan fingerprint density at radius 2 is 1.75 bits per heavy atom. The number of rotatable bonds is 4. The molecule has 9 heteroatoms. The van der Waals surface area contributed by atoms with Crippen LogP contribution in [-0.2, 0) is 6.18 Å². The summed E-state index contributed by atoms with van der Waals surface area (Å²) >= 11 is 11.8. The summed E-state index contributed by atoms with van der Waals surface area (Å²) in [6.45, 7) is 0. The van der Waals surface area contributed by atoms with Crippen molar-refractivity contribution in [1.82, 2.24) is 4.98 Å². The minimum atomic E-state index is -4.49. The van der Waals surface area contributed by atoms with Crippen LogP contribution in [0.4, 0.5) is 18.9 Å². The predicted molar refractivity (Wildman–Crippen MR) is 100 cm³/mol. The van der Waals surface area contributed by atoms with Gasteiger partial charge in [-0.2, -0.15) is 13.2 Å². The molecule has 0 aliphatic carbocycles. The van der Waals surface area contributed by atoms with E-state index in [9.17, 15) is 18.0 Å². The van der Waals surface area contributed by atoms with Crippen LogP contribution >= 0.6 is 23.2 Å². The van der Waals surface area contributed by atoms with Crippen LogP contribution in [-0.4, -0.2) is 10.9 Å². The van der Waals surface area contributed by atoms with E-state index in [2.05, 4.69) is 10.3 Å². The zero-order chi connectivity index (χ0) is 20.3. The fourth-order valence-electron chi connectivity index (χ4n) is 2.23. The summed E-state index contributed by atoms with van der Waals surface area (Å²) in [6.07, 6.45) is -4.49. The number of ether oxygens (including phenoxy) is 1. The molecule has 144 valence electrons. The van der Waals surface area contributed by atoms with Crippen LogP contribution in [0, 0.1) is 0 Å². The third-order valence-corrected chi connectivity index (χ3v) is 4.07. The van der Waals surface area contributed by atoms with Gasteiger partial charge < -0.3 is 10.1 Å². The first-order chi connectivity index (χ1) is 13.2. The lowest BCUT2D eigenvalue weighted by molar-refractivity contribution is -0.137. The Hall–Kier alpha value is -2.77. The molecule has 1 amide bonds. The minimum Gasteiger partial charge on any atom is -0.439 e. The molecule has 2 aromatic carbocycles. The number of carbonyl (C=O) groups is 1. The molecule has 1 heterocycles. The number of hydrogen-bond acceptors (Lipinski definition) is 3. The summed E-state index contributed by atoms with van der Waals surface area (Å²) in [4.78, 5) is 16.4. The van der Waals surface area contributed by atoms with Crippen LogP contribution in [0.15, 0.2) is 60.7 Å². The Morgan fingerprint density at radius 1 is 1.00 bits per heavy atom. The second-order valence-electron chi connectivity index (χ2n) is 5.57. The predicted octanol–water partition coefficient (Wildman–Crippen LogP) is 6.45. The van der Waals surface area contributed by atoms with Crippen LogP contribution < -0.4 is 10.1 Å². The average molecular weight is 427 g/mol. The smallest absolute Gasteiger partial charge is 0.416 e. The summed E-state index contributed by atoms with van der Waals surface area (Å²) in [5, 5.41) is 3.24. The topological polar surface area (TPSA) is 51.2 Å². The van der Waals surface area contributed by atoms with E-state index in [1.54, 1.807) is 6.07 Å². The Kier molecular flexibility index (Phi) is 5.76. The highest BCUT2D eigenvalue weighted by Crippen LogP contribution is 2.32.